The first-order valence-electron chi connectivity index (χ1n) is 9.97. The molecule has 0 radical (unpaired) electrons. The maximum atomic E-state index is 12.6. The molecule has 0 aromatic heterocycles. The molecule has 3 rings (SSSR count). The summed E-state index contributed by atoms with van der Waals surface area (Å²) in [5.74, 6) is 0.447. The van der Waals surface area contributed by atoms with Crippen LogP contribution in [0.5, 0.6) is 0 Å². The Hall–Kier alpha value is -2.08. The Kier molecular flexibility index (Phi) is 6.37. The van der Waals surface area contributed by atoms with Gasteiger partial charge in [-0.1, -0.05) is 44.2 Å². The van der Waals surface area contributed by atoms with Gasteiger partial charge >= 0.3 is 6.09 Å². The lowest BCUT2D eigenvalue weighted by atomic mass is 10.0. The highest BCUT2D eigenvalue weighted by atomic mass is 16.6. The fourth-order valence-electron chi connectivity index (χ4n) is 3.52. The van der Waals surface area contributed by atoms with Gasteiger partial charge in [-0.3, -0.25) is 4.79 Å². The Morgan fingerprint density at radius 1 is 1.22 bits per heavy atom. The zero-order valence-corrected chi connectivity index (χ0v) is 16.3. The maximum absolute atomic E-state index is 12.6. The number of hydrogen-bond acceptors (Lipinski definition) is 4. The SMILES string of the molecule is CC(C)[C@H](N)C(=O)N1CC[C@H](CN(C(=O)OCc2ccccc2)C2CC2)C1. The molecule has 148 valence electrons. The largest absolute Gasteiger partial charge is 0.445 e. The smallest absolute Gasteiger partial charge is 0.410 e. The third kappa shape index (κ3) is 5.22. The van der Waals surface area contributed by atoms with Crippen LogP contribution in [0.2, 0.25) is 0 Å². The Balaban J connectivity index is 1.51. The third-order valence-electron chi connectivity index (χ3n) is 5.48. The van der Waals surface area contributed by atoms with E-state index < -0.39 is 6.04 Å². The molecule has 0 bridgehead atoms. The molecule has 2 amide bonds. The van der Waals surface area contributed by atoms with Crippen molar-refractivity contribution in [3.8, 4) is 0 Å². The van der Waals surface area contributed by atoms with Crippen molar-refractivity contribution < 1.29 is 14.3 Å². The second-order valence-corrected chi connectivity index (χ2v) is 8.13. The molecular weight excluding hydrogens is 342 g/mol. The number of rotatable bonds is 7. The van der Waals surface area contributed by atoms with Gasteiger partial charge in [-0.05, 0) is 36.7 Å². The Morgan fingerprint density at radius 2 is 1.93 bits per heavy atom. The van der Waals surface area contributed by atoms with E-state index in [-0.39, 0.29) is 29.9 Å². The number of carbonyl (C=O) groups is 2. The van der Waals surface area contributed by atoms with E-state index in [0.29, 0.717) is 19.7 Å². The number of carbonyl (C=O) groups excluding carboxylic acids is 2. The predicted molar refractivity (Wildman–Crippen MR) is 104 cm³/mol. The fourth-order valence-corrected chi connectivity index (χ4v) is 3.52. The molecule has 6 nitrogen and oxygen atoms in total. The Labute approximate surface area is 161 Å². The van der Waals surface area contributed by atoms with E-state index in [2.05, 4.69) is 0 Å². The molecule has 1 aliphatic heterocycles. The molecule has 27 heavy (non-hydrogen) atoms. The van der Waals surface area contributed by atoms with Gasteiger partial charge in [-0.2, -0.15) is 0 Å². The van der Waals surface area contributed by atoms with Gasteiger partial charge in [-0.15, -0.1) is 0 Å². The number of hydrogen-bond donors (Lipinski definition) is 1. The average Bonchev–Trinajstić information content (AvgIpc) is 3.41. The van der Waals surface area contributed by atoms with Crippen molar-refractivity contribution in [2.45, 2.75) is 51.8 Å². The molecule has 1 aromatic rings. The summed E-state index contributed by atoms with van der Waals surface area (Å²) < 4.78 is 5.53. The lowest BCUT2D eigenvalue weighted by molar-refractivity contribution is -0.132. The minimum absolute atomic E-state index is 0.0251. The van der Waals surface area contributed by atoms with Crippen molar-refractivity contribution in [3.05, 3.63) is 35.9 Å². The minimum Gasteiger partial charge on any atom is -0.445 e. The molecule has 1 aliphatic carbocycles. The van der Waals surface area contributed by atoms with Crippen LogP contribution in [0.25, 0.3) is 0 Å². The molecule has 2 atom stereocenters. The second-order valence-electron chi connectivity index (χ2n) is 8.13. The zero-order valence-electron chi connectivity index (χ0n) is 16.3. The number of ether oxygens (including phenoxy) is 1. The molecule has 1 heterocycles. The van der Waals surface area contributed by atoms with Crippen molar-refractivity contribution in [2.75, 3.05) is 19.6 Å². The van der Waals surface area contributed by atoms with Crippen molar-refractivity contribution in [1.29, 1.82) is 0 Å². The number of nitrogens with zero attached hydrogens (tertiary/aromatic N) is 2. The Bertz CT molecular complexity index is 645. The Morgan fingerprint density at radius 3 is 2.56 bits per heavy atom. The summed E-state index contributed by atoms with van der Waals surface area (Å²) in [6.45, 7) is 6.28. The molecule has 1 saturated heterocycles. The van der Waals surface area contributed by atoms with Crippen LogP contribution in [-0.4, -0.2) is 53.5 Å². The van der Waals surface area contributed by atoms with Gasteiger partial charge in [0.1, 0.15) is 6.61 Å². The van der Waals surface area contributed by atoms with Crippen LogP contribution in [0, 0.1) is 11.8 Å². The van der Waals surface area contributed by atoms with Gasteiger partial charge in [0.2, 0.25) is 5.91 Å². The summed E-state index contributed by atoms with van der Waals surface area (Å²) in [5.41, 5.74) is 7.00. The van der Waals surface area contributed by atoms with Crippen molar-refractivity contribution >= 4 is 12.0 Å². The van der Waals surface area contributed by atoms with E-state index in [4.69, 9.17) is 10.5 Å². The summed E-state index contributed by atoms with van der Waals surface area (Å²) >= 11 is 0. The minimum atomic E-state index is -0.445. The molecule has 2 aliphatic rings. The van der Waals surface area contributed by atoms with E-state index in [1.165, 1.54) is 0 Å². The highest BCUT2D eigenvalue weighted by Crippen LogP contribution is 2.30. The molecule has 1 saturated carbocycles. The fraction of sp³-hybridized carbons (Fsp3) is 0.619. The van der Waals surface area contributed by atoms with E-state index in [0.717, 1.165) is 31.4 Å². The van der Waals surface area contributed by atoms with Crippen LogP contribution < -0.4 is 5.73 Å². The van der Waals surface area contributed by atoms with E-state index >= 15 is 0 Å². The molecular formula is C21H31N3O3. The highest BCUT2D eigenvalue weighted by molar-refractivity contribution is 5.82. The quantitative estimate of drug-likeness (QED) is 0.797. The van der Waals surface area contributed by atoms with Crippen LogP contribution in [-0.2, 0) is 16.1 Å². The van der Waals surface area contributed by atoms with Crippen LogP contribution >= 0.6 is 0 Å². The monoisotopic (exact) mass is 373 g/mol. The van der Waals surface area contributed by atoms with Crippen LogP contribution in [0.4, 0.5) is 4.79 Å². The number of likely N-dealkylation sites (tertiary alicyclic amines) is 1. The first kappa shape index (κ1) is 19.7. The molecule has 6 heteroatoms. The number of amides is 2. The van der Waals surface area contributed by atoms with Crippen LogP contribution in [0.1, 0.15) is 38.7 Å². The summed E-state index contributed by atoms with van der Waals surface area (Å²) in [7, 11) is 0. The molecule has 2 fully saturated rings. The normalized spacial score (nSPS) is 20.6. The second kappa shape index (κ2) is 8.74. The predicted octanol–water partition coefficient (Wildman–Crippen LogP) is 2.62. The lowest BCUT2D eigenvalue weighted by Crippen LogP contribution is -2.46. The average molecular weight is 373 g/mol. The first-order valence-corrected chi connectivity index (χ1v) is 9.97. The summed E-state index contributed by atoms with van der Waals surface area (Å²) in [5, 5.41) is 0. The van der Waals surface area contributed by atoms with Gasteiger partial charge in [-0.25, -0.2) is 4.79 Å². The van der Waals surface area contributed by atoms with E-state index in [9.17, 15) is 9.59 Å². The van der Waals surface area contributed by atoms with Gasteiger partial charge < -0.3 is 20.3 Å². The van der Waals surface area contributed by atoms with E-state index in [1.807, 2.05) is 54.0 Å². The maximum Gasteiger partial charge on any atom is 0.410 e. The highest BCUT2D eigenvalue weighted by Gasteiger charge is 2.38. The van der Waals surface area contributed by atoms with Gasteiger partial charge in [0.05, 0.1) is 6.04 Å². The van der Waals surface area contributed by atoms with Gasteiger partial charge in [0.15, 0.2) is 0 Å². The number of nitrogens with two attached hydrogens (primary N) is 1. The van der Waals surface area contributed by atoms with E-state index in [1.54, 1.807) is 0 Å². The topological polar surface area (TPSA) is 75.9 Å². The molecule has 2 N–H and O–H groups in total. The van der Waals surface area contributed by atoms with Crippen molar-refractivity contribution in [2.24, 2.45) is 17.6 Å². The first-order chi connectivity index (χ1) is 13.0. The third-order valence-corrected chi connectivity index (χ3v) is 5.48. The summed E-state index contributed by atoms with van der Waals surface area (Å²) in [4.78, 5) is 28.8. The van der Waals surface area contributed by atoms with Crippen molar-refractivity contribution in [1.82, 2.24) is 9.80 Å². The van der Waals surface area contributed by atoms with Crippen LogP contribution in [0.15, 0.2) is 30.3 Å². The summed E-state index contributed by atoms with van der Waals surface area (Å²) in [6.07, 6.45) is 2.73. The zero-order chi connectivity index (χ0) is 19.4. The van der Waals surface area contributed by atoms with Gasteiger partial charge in [0.25, 0.3) is 0 Å². The van der Waals surface area contributed by atoms with Gasteiger partial charge in [0, 0.05) is 25.7 Å². The standard InChI is InChI=1S/C21H31N3O3/c1-15(2)19(22)20(25)23-11-10-17(12-23)13-24(18-8-9-18)21(26)27-14-16-6-4-3-5-7-16/h3-7,15,17-19H,8-14,22H2,1-2H3/t17-,19-/m0/s1. The van der Waals surface area contributed by atoms with Crippen LogP contribution in [0.3, 0.4) is 0 Å². The number of benzene rings is 1. The lowest BCUT2D eigenvalue weighted by Gasteiger charge is -2.26. The van der Waals surface area contributed by atoms with Crippen molar-refractivity contribution in [3.63, 3.8) is 0 Å². The molecule has 0 spiro atoms. The summed E-state index contributed by atoms with van der Waals surface area (Å²) in [6, 6.07) is 9.57. The molecule has 1 aromatic carbocycles. The molecule has 0 unspecified atom stereocenters.